The third kappa shape index (κ3) is 2.83. The van der Waals surface area contributed by atoms with Crippen LogP contribution in [-0.2, 0) is 0 Å². The number of aromatic nitrogens is 1. The maximum atomic E-state index is 10.9. The molecule has 0 unspecified atom stereocenters. The Morgan fingerprint density at radius 2 is 2.10 bits per heavy atom. The quantitative estimate of drug-likeness (QED) is 0.504. The number of hydrogen-bond donors (Lipinski definition) is 2. The summed E-state index contributed by atoms with van der Waals surface area (Å²) in [5.74, 6) is 5.98. The SMILES string of the molecule is Cc1cccc(N(C)c2cc([N+](=O)[O-])cc(NN)n2)c1. The number of hydrazine groups is 1. The summed E-state index contributed by atoms with van der Waals surface area (Å²) in [6.07, 6.45) is 0. The van der Waals surface area contributed by atoms with Gasteiger partial charge in [0.25, 0.3) is 5.69 Å². The molecule has 1 aromatic heterocycles. The van der Waals surface area contributed by atoms with Crippen LogP contribution in [-0.4, -0.2) is 17.0 Å². The van der Waals surface area contributed by atoms with E-state index in [1.54, 1.807) is 11.9 Å². The third-order valence-electron chi connectivity index (χ3n) is 2.89. The first-order valence-electron chi connectivity index (χ1n) is 5.95. The van der Waals surface area contributed by atoms with Gasteiger partial charge in [0.2, 0.25) is 0 Å². The van der Waals surface area contributed by atoms with Crippen LogP contribution in [0.3, 0.4) is 0 Å². The lowest BCUT2D eigenvalue weighted by atomic mass is 10.2. The van der Waals surface area contributed by atoms with Crippen LogP contribution in [0.5, 0.6) is 0 Å². The zero-order valence-electron chi connectivity index (χ0n) is 11.2. The Bertz CT molecular complexity index is 644. The molecule has 0 amide bonds. The molecule has 7 nitrogen and oxygen atoms in total. The smallest absolute Gasteiger partial charge is 0.276 e. The number of rotatable bonds is 4. The van der Waals surface area contributed by atoms with Crippen LogP contribution < -0.4 is 16.2 Å². The molecule has 104 valence electrons. The van der Waals surface area contributed by atoms with Crippen molar-refractivity contribution in [2.24, 2.45) is 5.84 Å². The van der Waals surface area contributed by atoms with Crippen LogP contribution >= 0.6 is 0 Å². The molecule has 0 aliphatic heterocycles. The molecule has 3 N–H and O–H groups in total. The number of nitrogens with two attached hydrogens (primary N) is 1. The lowest BCUT2D eigenvalue weighted by molar-refractivity contribution is -0.384. The zero-order valence-corrected chi connectivity index (χ0v) is 11.2. The van der Waals surface area contributed by atoms with Gasteiger partial charge in [0.15, 0.2) is 0 Å². The zero-order chi connectivity index (χ0) is 14.7. The molecule has 0 aliphatic carbocycles. The van der Waals surface area contributed by atoms with Gasteiger partial charge >= 0.3 is 0 Å². The molecule has 7 heteroatoms. The van der Waals surface area contributed by atoms with Gasteiger partial charge in [-0.2, -0.15) is 0 Å². The number of nitro groups is 1. The Labute approximate surface area is 116 Å². The largest absolute Gasteiger partial charge is 0.329 e. The highest BCUT2D eigenvalue weighted by Gasteiger charge is 2.14. The molecule has 0 fully saturated rings. The number of anilines is 3. The minimum absolute atomic E-state index is 0.0672. The van der Waals surface area contributed by atoms with Gasteiger partial charge in [0.05, 0.1) is 17.1 Å². The van der Waals surface area contributed by atoms with E-state index in [-0.39, 0.29) is 11.5 Å². The first-order valence-corrected chi connectivity index (χ1v) is 5.95. The lowest BCUT2D eigenvalue weighted by Gasteiger charge is -2.19. The summed E-state index contributed by atoms with van der Waals surface area (Å²) >= 11 is 0. The number of nitrogens with one attached hydrogen (secondary N) is 1. The van der Waals surface area contributed by atoms with Gasteiger partial charge < -0.3 is 10.3 Å². The van der Waals surface area contributed by atoms with Gasteiger partial charge in [-0.05, 0) is 24.6 Å². The molecule has 0 saturated heterocycles. The summed E-state index contributed by atoms with van der Waals surface area (Å²) in [6, 6.07) is 10.5. The second-order valence-corrected chi connectivity index (χ2v) is 4.37. The van der Waals surface area contributed by atoms with E-state index in [9.17, 15) is 10.1 Å². The van der Waals surface area contributed by atoms with Crippen molar-refractivity contribution in [2.45, 2.75) is 6.92 Å². The molecule has 20 heavy (non-hydrogen) atoms. The van der Waals surface area contributed by atoms with E-state index in [0.717, 1.165) is 11.3 Å². The van der Waals surface area contributed by atoms with Crippen LogP contribution in [0, 0.1) is 17.0 Å². The van der Waals surface area contributed by atoms with Crippen LogP contribution in [0.15, 0.2) is 36.4 Å². The fraction of sp³-hybridized carbons (Fsp3) is 0.154. The maximum absolute atomic E-state index is 10.9. The van der Waals surface area contributed by atoms with Crippen molar-refractivity contribution in [2.75, 3.05) is 17.4 Å². The topological polar surface area (TPSA) is 97.3 Å². The molecule has 2 rings (SSSR count). The van der Waals surface area contributed by atoms with E-state index in [1.807, 2.05) is 31.2 Å². The molecular formula is C13H15N5O2. The third-order valence-corrected chi connectivity index (χ3v) is 2.89. The Morgan fingerprint density at radius 3 is 2.70 bits per heavy atom. The normalized spacial score (nSPS) is 10.2. The predicted molar refractivity (Wildman–Crippen MR) is 77.9 cm³/mol. The number of pyridine rings is 1. The number of nitrogen functional groups attached to an aromatic ring is 1. The summed E-state index contributed by atoms with van der Waals surface area (Å²) in [5.41, 5.74) is 4.26. The lowest BCUT2D eigenvalue weighted by Crippen LogP contribution is -2.15. The first-order chi connectivity index (χ1) is 9.51. The molecule has 0 saturated carbocycles. The predicted octanol–water partition coefficient (Wildman–Crippen LogP) is 2.35. The van der Waals surface area contributed by atoms with Crippen molar-refractivity contribution in [3.63, 3.8) is 0 Å². The summed E-state index contributed by atoms with van der Waals surface area (Å²) in [5, 5.41) is 10.9. The molecule has 0 aliphatic rings. The summed E-state index contributed by atoms with van der Waals surface area (Å²) in [7, 11) is 1.79. The Balaban J connectivity index is 2.45. The minimum Gasteiger partial charge on any atom is -0.329 e. The average Bonchev–Trinajstić information content (AvgIpc) is 2.45. The number of nitrogens with zero attached hydrogens (tertiary/aromatic N) is 3. The number of aryl methyl sites for hydroxylation is 1. The van der Waals surface area contributed by atoms with Crippen molar-refractivity contribution in [1.29, 1.82) is 0 Å². The Morgan fingerprint density at radius 1 is 1.35 bits per heavy atom. The molecule has 0 bridgehead atoms. The molecule has 0 radical (unpaired) electrons. The molecule has 1 aromatic carbocycles. The van der Waals surface area contributed by atoms with Crippen molar-refractivity contribution in [3.05, 3.63) is 52.1 Å². The summed E-state index contributed by atoms with van der Waals surface area (Å²) < 4.78 is 0. The fourth-order valence-electron chi connectivity index (χ4n) is 1.82. The highest BCUT2D eigenvalue weighted by Crippen LogP contribution is 2.27. The van der Waals surface area contributed by atoms with E-state index >= 15 is 0 Å². The highest BCUT2D eigenvalue weighted by atomic mass is 16.6. The monoisotopic (exact) mass is 273 g/mol. The fourth-order valence-corrected chi connectivity index (χ4v) is 1.82. The van der Waals surface area contributed by atoms with Crippen molar-refractivity contribution in [3.8, 4) is 0 Å². The Hall–Kier alpha value is -2.67. The summed E-state index contributed by atoms with van der Waals surface area (Å²) in [6.45, 7) is 1.98. The second kappa shape index (κ2) is 5.54. The standard InChI is InChI=1S/C13H15N5O2/c1-9-4-3-5-10(6-9)17(2)13-8-11(18(19)20)7-12(15-13)16-14/h3-8H,14H2,1-2H3,(H,15,16). The number of hydrogen-bond acceptors (Lipinski definition) is 6. The highest BCUT2D eigenvalue weighted by molar-refractivity contribution is 5.64. The van der Waals surface area contributed by atoms with Crippen LogP contribution in [0.25, 0.3) is 0 Å². The van der Waals surface area contributed by atoms with Crippen molar-refractivity contribution < 1.29 is 4.92 Å². The van der Waals surface area contributed by atoms with Crippen molar-refractivity contribution in [1.82, 2.24) is 4.98 Å². The van der Waals surface area contributed by atoms with E-state index in [1.165, 1.54) is 12.1 Å². The van der Waals surface area contributed by atoms with E-state index in [2.05, 4.69) is 10.4 Å². The molecule has 2 aromatic rings. The molecule has 0 atom stereocenters. The van der Waals surface area contributed by atoms with Gasteiger partial charge in [-0.15, -0.1) is 0 Å². The minimum atomic E-state index is -0.476. The molecular weight excluding hydrogens is 258 g/mol. The van der Waals surface area contributed by atoms with Gasteiger partial charge in [0, 0.05) is 12.7 Å². The Kier molecular flexibility index (Phi) is 3.81. The second-order valence-electron chi connectivity index (χ2n) is 4.37. The first kappa shape index (κ1) is 13.8. The van der Waals surface area contributed by atoms with Gasteiger partial charge in [-0.3, -0.25) is 10.1 Å². The van der Waals surface area contributed by atoms with E-state index in [4.69, 9.17) is 5.84 Å². The number of benzene rings is 1. The van der Waals surface area contributed by atoms with E-state index in [0.29, 0.717) is 5.82 Å². The van der Waals surface area contributed by atoms with Gasteiger partial charge in [0.1, 0.15) is 11.6 Å². The molecule has 1 heterocycles. The molecule has 0 spiro atoms. The van der Waals surface area contributed by atoms with Crippen LogP contribution in [0.1, 0.15) is 5.56 Å². The van der Waals surface area contributed by atoms with Gasteiger partial charge in [-0.1, -0.05) is 12.1 Å². The van der Waals surface area contributed by atoms with Crippen molar-refractivity contribution >= 4 is 23.0 Å². The van der Waals surface area contributed by atoms with Crippen LogP contribution in [0.4, 0.5) is 23.0 Å². The van der Waals surface area contributed by atoms with E-state index < -0.39 is 4.92 Å². The summed E-state index contributed by atoms with van der Waals surface area (Å²) in [4.78, 5) is 16.4. The average molecular weight is 273 g/mol. The van der Waals surface area contributed by atoms with Gasteiger partial charge in [-0.25, -0.2) is 10.8 Å². The van der Waals surface area contributed by atoms with Crippen LogP contribution in [0.2, 0.25) is 0 Å². The maximum Gasteiger partial charge on any atom is 0.276 e.